The average molecular weight is 484 g/mol. The molecule has 0 aliphatic rings. The molecule has 5 heteroatoms. The van der Waals surface area contributed by atoms with Gasteiger partial charge in [0.2, 0.25) is 5.91 Å². The Morgan fingerprint density at radius 2 is 2.03 bits per heavy atom. The second-order valence-electron chi connectivity index (χ2n) is 7.67. The number of carbonyl (C=O) groups excluding carboxylic acids is 1. The van der Waals surface area contributed by atoms with E-state index in [4.69, 9.17) is 9.15 Å². The highest BCUT2D eigenvalue weighted by atomic mass is 79.9. The topological polar surface area (TPSA) is 51.5 Å². The monoisotopic (exact) mass is 483 g/mol. The third-order valence-corrected chi connectivity index (χ3v) is 5.81. The summed E-state index contributed by atoms with van der Waals surface area (Å²) in [4.78, 5) is 12.4. The Morgan fingerprint density at radius 3 is 2.74 bits per heavy atom. The number of furan rings is 1. The zero-order chi connectivity index (χ0) is 22.4. The van der Waals surface area contributed by atoms with Gasteiger partial charge >= 0.3 is 0 Å². The first-order chi connectivity index (χ1) is 15.0. The maximum absolute atomic E-state index is 12.4. The number of hydrogen-bond acceptors (Lipinski definition) is 3. The number of fused-ring (bicyclic) bond motifs is 1. The zero-order valence-corrected chi connectivity index (χ0v) is 20.3. The number of ether oxygens (including phenoxy) is 1. The van der Waals surface area contributed by atoms with Gasteiger partial charge in [0.15, 0.2) is 0 Å². The lowest BCUT2D eigenvalue weighted by Crippen LogP contribution is -2.22. The fourth-order valence-corrected chi connectivity index (χ4v) is 4.13. The average Bonchev–Trinajstić information content (AvgIpc) is 3.17. The molecule has 1 aromatic heterocycles. The lowest BCUT2D eigenvalue weighted by molar-refractivity contribution is -0.116. The van der Waals surface area contributed by atoms with Gasteiger partial charge in [0, 0.05) is 39.2 Å². The van der Waals surface area contributed by atoms with Gasteiger partial charge < -0.3 is 14.5 Å². The van der Waals surface area contributed by atoms with Crippen molar-refractivity contribution >= 4 is 38.4 Å². The van der Waals surface area contributed by atoms with E-state index in [1.54, 1.807) is 12.3 Å². The van der Waals surface area contributed by atoms with Gasteiger partial charge in [0.1, 0.15) is 11.3 Å². The summed E-state index contributed by atoms with van der Waals surface area (Å²) in [5.74, 6) is 0.686. The SMILES string of the molecule is CCCCCNC(=O)/C=C(\C)c1cc2c(-c3cccc(Br)c3)coc2c(C)c1OCC. The van der Waals surface area contributed by atoms with Crippen molar-refractivity contribution in [2.24, 2.45) is 0 Å². The molecule has 31 heavy (non-hydrogen) atoms. The van der Waals surface area contributed by atoms with Crippen molar-refractivity contribution in [2.45, 2.75) is 47.0 Å². The van der Waals surface area contributed by atoms with E-state index in [-0.39, 0.29) is 5.91 Å². The van der Waals surface area contributed by atoms with Crippen molar-refractivity contribution in [2.75, 3.05) is 13.2 Å². The summed E-state index contributed by atoms with van der Waals surface area (Å²) in [6, 6.07) is 10.2. The second-order valence-corrected chi connectivity index (χ2v) is 8.59. The quantitative estimate of drug-likeness (QED) is 0.257. The molecular weight excluding hydrogens is 454 g/mol. The van der Waals surface area contributed by atoms with E-state index < -0.39 is 0 Å². The third-order valence-electron chi connectivity index (χ3n) is 5.32. The fraction of sp³-hybridized carbons (Fsp3) is 0.346. The van der Waals surface area contributed by atoms with Crippen LogP contribution in [0, 0.1) is 6.92 Å². The Labute approximate surface area is 192 Å². The summed E-state index contributed by atoms with van der Waals surface area (Å²) in [7, 11) is 0. The highest BCUT2D eigenvalue weighted by Crippen LogP contribution is 2.41. The van der Waals surface area contributed by atoms with Crippen LogP contribution >= 0.6 is 15.9 Å². The standard InChI is InChI=1S/C26H30BrNO3/c1-5-7-8-12-28-24(29)13-17(3)21-15-22-23(19-10-9-11-20(27)14-19)16-31-26(22)18(4)25(21)30-6-2/h9-11,13-16H,5-8,12H2,1-4H3,(H,28,29)/b17-13+. The van der Waals surface area contributed by atoms with Crippen LogP contribution < -0.4 is 10.1 Å². The van der Waals surface area contributed by atoms with Crippen molar-refractivity contribution in [3.8, 4) is 16.9 Å². The molecule has 0 unspecified atom stereocenters. The van der Waals surface area contributed by atoms with Crippen molar-refractivity contribution < 1.29 is 13.9 Å². The molecule has 4 nitrogen and oxygen atoms in total. The van der Waals surface area contributed by atoms with Crippen LogP contribution in [0.15, 0.2) is 51.6 Å². The van der Waals surface area contributed by atoms with Gasteiger partial charge in [-0.1, -0.05) is 47.8 Å². The summed E-state index contributed by atoms with van der Waals surface area (Å²) in [5.41, 5.74) is 5.60. The molecule has 0 spiro atoms. The van der Waals surface area contributed by atoms with Crippen LogP contribution in [0.4, 0.5) is 0 Å². The smallest absolute Gasteiger partial charge is 0.244 e. The van der Waals surface area contributed by atoms with E-state index >= 15 is 0 Å². The Bertz CT molecular complexity index is 1100. The minimum absolute atomic E-state index is 0.0757. The maximum atomic E-state index is 12.4. The van der Waals surface area contributed by atoms with Gasteiger partial charge in [-0.25, -0.2) is 0 Å². The second kappa shape index (κ2) is 10.7. The molecule has 0 atom stereocenters. The van der Waals surface area contributed by atoms with Crippen LogP contribution in [0.5, 0.6) is 5.75 Å². The number of amides is 1. The van der Waals surface area contributed by atoms with Crippen LogP contribution in [0.1, 0.15) is 51.2 Å². The van der Waals surface area contributed by atoms with Crippen LogP contribution in [-0.4, -0.2) is 19.1 Å². The molecule has 3 aromatic rings. The Kier molecular flexibility index (Phi) is 7.97. The normalized spacial score (nSPS) is 11.7. The highest BCUT2D eigenvalue weighted by molar-refractivity contribution is 9.10. The van der Waals surface area contributed by atoms with Crippen molar-refractivity contribution in [1.82, 2.24) is 5.32 Å². The Hall–Kier alpha value is -2.53. The van der Waals surface area contributed by atoms with E-state index in [1.165, 1.54) is 0 Å². The van der Waals surface area contributed by atoms with Gasteiger partial charge in [-0.3, -0.25) is 4.79 Å². The van der Waals surface area contributed by atoms with E-state index in [1.807, 2.05) is 32.9 Å². The van der Waals surface area contributed by atoms with Crippen molar-refractivity contribution in [3.63, 3.8) is 0 Å². The van der Waals surface area contributed by atoms with Crippen LogP contribution in [0.25, 0.3) is 27.7 Å². The number of nitrogens with one attached hydrogen (secondary N) is 1. The molecule has 3 rings (SSSR count). The Balaban J connectivity index is 2.04. The summed E-state index contributed by atoms with van der Waals surface area (Å²) >= 11 is 3.55. The molecule has 0 saturated heterocycles. The zero-order valence-electron chi connectivity index (χ0n) is 18.7. The molecule has 0 radical (unpaired) electrons. The predicted octanol–water partition coefficient (Wildman–Crippen LogP) is 7.28. The molecule has 0 fully saturated rings. The van der Waals surface area contributed by atoms with Gasteiger partial charge in [-0.05, 0) is 56.5 Å². The third kappa shape index (κ3) is 5.40. The summed E-state index contributed by atoms with van der Waals surface area (Å²) < 4.78 is 13.0. The van der Waals surface area contributed by atoms with Gasteiger partial charge in [-0.2, -0.15) is 0 Å². The summed E-state index contributed by atoms with van der Waals surface area (Å²) in [5, 5.41) is 3.98. The van der Waals surface area contributed by atoms with Crippen LogP contribution in [-0.2, 0) is 4.79 Å². The lowest BCUT2D eigenvalue weighted by atomic mass is 9.96. The number of aryl methyl sites for hydroxylation is 1. The number of rotatable bonds is 9. The number of unbranched alkanes of at least 4 members (excludes halogenated alkanes) is 2. The molecule has 0 bridgehead atoms. The van der Waals surface area contributed by atoms with Gasteiger partial charge in [0.25, 0.3) is 0 Å². The van der Waals surface area contributed by atoms with E-state index in [2.05, 4.69) is 46.4 Å². The van der Waals surface area contributed by atoms with Crippen LogP contribution in [0.3, 0.4) is 0 Å². The largest absolute Gasteiger partial charge is 0.493 e. The predicted molar refractivity (Wildman–Crippen MR) is 131 cm³/mol. The van der Waals surface area contributed by atoms with E-state index in [0.717, 1.165) is 68.3 Å². The molecule has 0 aliphatic heterocycles. The maximum Gasteiger partial charge on any atom is 0.244 e. The first-order valence-electron chi connectivity index (χ1n) is 10.9. The summed E-state index contributed by atoms with van der Waals surface area (Å²) in [6.07, 6.45) is 6.70. The summed E-state index contributed by atoms with van der Waals surface area (Å²) in [6.45, 7) is 9.30. The number of halogens is 1. The fourth-order valence-electron chi connectivity index (χ4n) is 3.73. The Morgan fingerprint density at radius 1 is 1.23 bits per heavy atom. The molecule has 1 N–H and O–H groups in total. The molecule has 0 aliphatic carbocycles. The molecule has 2 aromatic carbocycles. The molecular formula is C26H30BrNO3. The van der Waals surface area contributed by atoms with Crippen LogP contribution in [0.2, 0.25) is 0 Å². The molecule has 1 amide bonds. The number of hydrogen-bond donors (Lipinski definition) is 1. The number of allylic oxidation sites excluding steroid dienone is 1. The minimum Gasteiger partial charge on any atom is -0.493 e. The highest BCUT2D eigenvalue weighted by Gasteiger charge is 2.19. The van der Waals surface area contributed by atoms with E-state index in [0.29, 0.717) is 13.2 Å². The molecule has 164 valence electrons. The van der Waals surface area contributed by atoms with E-state index in [9.17, 15) is 4.79 Å². The first kappa shape index (κ1) is 23.1. The first-order valence-corrected chi connectivity index (χ1v) is 11.7. The van der Waals surface area contributed by atoms with Crippen molar-refractivity contribution in [3.05, 3.63) is 58.3 Å². The number of benzene rings is 2. The lowest BCUT2D eigenvalue weighted by Gasteiger charge is -2.15. The van der Waals surface area contributed by atoms with Crippen molar-refractivity contribution in [1.29, 1.82) is 0 Å². The van der Waals surface area contributed by atoms with Gasteiger partial charge in [-0.15, -0.1) is 0 Å². The minimum atomic E-state index is -0.0757. The molecule has 1 heterocycles. The van der Waals surface area contributed by atoms with Gasteiger partial charge in [0.05, 0.1) is 12.9 Å². The number of carbonyl (C=O) groups is 1. The molecule has 0 saturated carbocycles.